The number of allylic oxidation sites excluding steroid dienone is 1. The van der Waals surface area contributed by atoms with Crippen LogP contribution in [0.25, 0.3) is 16.3 Å². The first-order valence-corrected chi connectivity index (χ1v) is 9.48. The van der Waals surface area contributed by atoms with Gasteiger partial charge in [0.05, 0.1) is 10.6 Å². The Labute approximate surface area is 155 Å². The molecule has 1 aliphatic heterocycles. The molecule has 3 aromatic heterocycles. The van der Waals surface area contributed by atoms with E-state index in [9.17, 15) is 4.79 Å². The van der Waals surface area contributed by atoms with Crippen molar-refractivity contribution in [2.45, 2.75) is 13.8 Å². The Morgan fingerprint density at radius 2 is 2.04 bits per heavy atom. The second kappa shape index (κ2) is 6.87. The molecule has 26 heavy (non-hydrogen) atoms. The van der Waals surface area contributed by atoms with Crippen LogP contribution in [-0.4, -0.2) is 56.6 Å². The summed E-state index contributed by atoms with van der Waals surface area (Å²) in [6, 6.07) is 6.04. The zero-order valence-electron chi connectivity index (χ0n) is 14.8. The number of thiophene rings is 1. The Morgan fingerprint density at radius 1 is 1.23 bits per heavy atom. The third-order valence-electron chi connectivity index (χ3n) is 4.62. The molecule has 134 valence electrons. The van der Waals surface area contributed by atoms with Gasteiger partial charge in [0.2, 0.25) is 11.9 Å². The van der Waals surface area contributed by atoms with Crippen LogP contribution in [0.1, 0.15) is 13.8 Å². The summed E-state index contributed by atoms with van der Waals surface area (Å²) in [5, 5.41) is 6.72. The molecule has 0 spiro atoms. The number of amides is 1. The fraction of sp³-hybridized carbons (Fsp3) is 0.333. The number of piperazine rings is 1. The maximum absolute atomic E-state index is 12.3. The van der Waals surface area contributed by atoms with Crippen LogP contribution in [0.5, 0.6) is 0 Å². The van der Waals surface area contributed by atoms with Gasteiger partial charge in [0.15, 0.2) is 0 Å². The molecule has 0 bridgehead atoms. The zero-order chi connectivity index (χ0) is 18.1. The lowest BCUT2D eigenvalue weighted by atomic mass is 10.2. The number of carbonyl (C=O) groups excluding carboxylic acids is 1. The fourth-order valence-electron chi connectivity index (χ4n) is 3.01. The largest absolute Gasteiger partial charge is 0.336 e. The van der Waals surface area contributed by atoms with Gasteiger partial charge in [-0.15, -0.1) is 16.4 Å². The number of carbonyl (C=O) groups is 1. The van der Waals surface area contributed by atoms with E-state index in [2.05, 4.69) is 26.0 Å². The number of aromatic nitrogens is 4. The Kier molecular flexibility index (Phi) is 4.42. The van der Waals surface area contributed by atoms with Gasteiger partial charge < -0.3 is 9.80 Å². The predicted octanol–water partition coefficient (Wildman–Crippen LogP) is 2.47. The molecule has 3 aromatic rings. The monoisotopic (exact) mass is 368 g/mol. The number of fused-ring (bicyclic) bond motifs is 1. The van der Waals surface area contributed by atoms with Gasteiger partial charge in [-0.3, -0.25) is 4.79 Å². The second-order valence-corrected chi connectivity index (χ2v) is 7.13. The third kappa shape index (κ3) is 2.96. The van der Waals surface area contributed by atoms with Crippen molar-refractivity contribution >= 4 is 29.0 Å². The molecule has 1 saturated heterocycles. The average Bonchev–Trinajstić information content (AvgIpc) is 3.36. The highest BCUT2D eigenvalue weighted by Crippen LogP contribution is 2.25. The molecule has 0 saturated carbocycles. The van der Waals surface area contributed by atoms with E-state index in [4.69, 9.17) is 0 Å². The molecular formula is C18H20N6OS. The van der Waals surface area contributed by atoms with Gasteiger partial charge in [-0.05, 0) is 31.4 Å². The molecule has 8 heteroatoms. The second-order valence-electron chi connectivity index (χ2n) is 6.18. The smallest absolute Gasteiger partial charge is 0.254 e. The van der Waals surface area contributed by atoms with Crippen molar-refractivity contribution in [2.24, 2.45) is 0 Å². The maximum atomic E-state index is 12.3. The Bertz CT molecular complexity index is 953. The SMILES string of the molecule is C/C=C(\C)C(=O)N1CCN(c2nc3nccc(-c4cccs4)n3n2)CC1. The van der Waals surface area contributed by atoms with Crippen molar-refractivity contribution in [3.05, 3.63) is 41.4 Å². The highest BCUT2D eigenvalue weighted by molar-refractivity contribution is 7.13. The minimum Gasteiger partial charge on any atom is -0.336 e. The van der Waals surface area contributed by atoms with Crippen LogP contribution in [-0.2, 0) is 4.79 Å². The van der Waals surface area contributed by atoms with Crippen molar-refractivity contribution < 1.29 is 4.79 Å². The summed E-state index contributed by atoms with van der Waals surface area (Å²) in [7, 11) is 0. The van der Waals surface area contributed by atoms with E-state index in [0.717, 1.165) is 16.1 Å². The molecule has 0 unspecified atom stereocenters. The van der Waals surface area contributed by atoms with Crippen molar-refractivity contribution in [3.63, 3.8) is 0 Å². The lowest BCUT2D eigenvalue weighted by molar-refractivity contribution is -0.127. The molecule has 7 nitrogen and oxygen atoms in total. The summed E-state index contributed by atoms with van der Waals surface area (Å²) in [5.41, 5.74) is 1.77. The van der Waals surface area contributed by atoms with Gasteiger partial charge in [0.25, 0.3) is 5.78 Å². The Morgan fingerprint density at radius 3 is 2.73 bits per heavy atom. The molecule has 0 radical (unpaired) electrons. The maximum Gasteiger partial charge on any atom is 0.254 e. The van der Waals surface area contributed by atoms with Crippen molar-refractivity contribution in [3.8, 4) is 10.6 Å². The first kappa shape index (κ1) is 16.7. The highest BCUT2D eigenvalue weighted by Gasteiger charge is 2.24. The molecule has 1 fully saturated rings. The first-order valence-electron chi connectivity index (χ1n) is 8.60. The first-order chi connectivity index (χ1) is 12.7. The van der Waals surface area contributed by atoms with Crippen molar-refractivity contribution in [1.29, 1.82) is 0 Å². The highest BCUT2D eigenvalue weighted by atomic mass is 32.1. The van der Waals surface area contributed by atoms with Gasteiger partial charge in [-0.25, -0.2) is 4.98 Å². The topological polar surface area (TPSA) is 66.6 Å². The summed E-state index contributed by atoms with van der Waals surface area (Å²) in [6.07, 6.45) is 3.62. The van der Waals surface area contributed by atoms with Crippen LogP contribution in [0.4, 0.5) is 5.95 Å². The van der Waals surface area contributed by atoms with E-state index in [1.807, 2.05) is 42.3 Å². The van der Waals surface area contributed by atoms with Gasteiger partial charge >= 0.3 is 0 Å². The van der Waals surface area contributed by atoms with E-state index in [1.54, 1.807) is 22.0 Å². The van der Waals surface area contributed by atoms with Crippen molar-refractivity contribution in [2.75, 3.05) is 31.1 Å². The molecule has 0 atom stereocenters. The van der Waals surface area contributed by atoms with E-state index in [-0.39, 0.29) is 5.91 Å². The van der Waals surface area contributed by atoms with Gasteiger partial charge in [0, 0.05) is 37.9 Å². The molecular weight excluding hydrogens is 348 g/mol. The third-order valence-corrected chi connectivity index (χ3v) is 5.52. The van der Waals surface area contributed by atoms with Crippen LogP contribution in [0.2, 0.25) is 0 Å². The summed E-state index contributed by atoms with van der Waals surface area (Å²) in [5.74, 6) is 1.36. The zero-order valence-corrected chi connectivity index (χ0v) is 15.6. The van der Waals surface area contributed by atoms with Crippen LogP contribution in [0.15, 0.2) is 41.4 Å². The summed E-state index contributed by atoms with van der Waals surface area (Å²) >= 11 is 1.66. The van der Waals surface area contributed by atoms with Crippen LogP contribution >= 0.6 is 11.3 Å². The van der Waals surface area contributed by atoms with Gasteiger partial charge in [-0.2, -0.15) is 9.50 Å². The fourth-order valence-corrected chi connectivity index (χ4v) is 3.75. The Balaban J connectivity index is 1.56. The van der Waals surface area contributed by atoms with Gasteiger partial charge in [-0.1, -0.05) is 12.1 Å². The lowest BCUT2D eigenvalue weighted by Gasteiger charge is -2.34. The van der Waals surface area contributed by atoms with E-state index in [0.29, 0.717) is 37.9 Å². The standard InChI is InChI=1S/C18H20N6OS/c1-3-13(2)16(25)22-8-10-23(11-9-22)18-20-17-19-7-6-14(24(17)21-18)15-5-4-12-26-15/h3-7,12H,8-11H2,1-2H3/b13-3+. The molecule has 1 amide bonds. The number of hydrogen-bond donors (Lipinski definition) is 0. The van der Waals surface area contributed by atoms with E-state index >= 15 is 0 Å². The average molecular weight is 368 g/mol. The molecule has 0 N–H and O–H groups in total. The van der Waals surface area contributed by atoms with E-state index in [1.165, 1.54) is 0 Å². The van der Waals surface area contributed by atoms with Crippen LogP contribution in [0.3, 0.4) is 0 Å². The quantitative estimate of drug-likeness (QED) is 0.665. The predicted molar refractivity (Wildman–Crippen MR) is 102 cm³/mol. The molecule has 4 heterocycles. The minimum atomic E-state index is 0.108. The van der Waals surface area contributed by atoms with Crippen molar-refractivity contribution in [1.82, 2.24) is 24.5 Å². The molecule has 0 aliphatic carbocycles. The molecule has 1 aliphatic rings. The van der Waals surface area contributed by atoms with E-state index < -0.39 is 0 Å². The normalized spacial score (nSPS) is 15.7. The Hall–Kier alpha value is -2.74. The van der Waals surface area contributed by atoms with Crippen LogP contribution < -0.4 is 4.90 Å². The lowest BCUT2D eigenvalue weighted by Crippen LogP contribution is -2.49. The summed E-state index contributed by atoms with van der Waals surface area (Å²) < 4.78 is 1.79. The molecule has 4 rings (SSSR count). The number of hydrogen-bond acceptors (Lipinski definition) is 6. The number of nitrogens with zero attached hydrogens (tertiary/aromatic N) is 6. The number of anilines is 1. The summed E-state index contributed by atoms with van der Waals surface area (Å²) in [6.45, 7) is 6.52. The summed E-state index contributed by atoms with van der Waals surface area (Å²) in [4.78, 5) is 26.3. The van der Waals surface area contributed by atoms with Gasteiger partial charge in [0.1, 0.15) is 0 Å². The number of rotatable bonds is 3. The minimum absolute atomic E-state index is 0.108. The molecule has 0 aromatic carbocycles. The van der Waals surface area contributed by atoms with Crippen LogP contribution in [0, 0.1) is 0 Å².